The third-order valence-corrected chi connectivity index (χ3v) is 3.74. The maximum Gasteiger partial charge on any atom is 0.317 e. The number of carbonyl (C=O) groups is 1. The van der Waals surface area contributed by atoms with Gasteiger partial charge in [0.15, 0.2) is 0 Å². The first-order valence-corrected chi connectivity index (χ1v) is 6.92. The molecule has 0 atom stereocenters. The van der Waals surface area contributed by atoms with E-state index in [2.05, 4.69) is 17.3 Å². The van der Waals surface area contributed by atoms with Crippen LogP contribution in [0.3, 0.4) is 0 Å². The molecule has 1 N–H and O–H groups in total. The fourth-order valence-electron chi connectivity index (χ4n) is 2.49. The molecule has 1 fully saturated rings. The molecule has 17 heavy (non-hydrogen) atoms. The number of amides is 2. The molecule has 0 aromatic heterocycles. The van der Waals surface area contributed by atoms with Crippen molar-refractivity contribution in [3.8, 4) is 0 Å². The molecule has 0 unspecified atom stereocenters. The molecule has 1 aliphatic rings. The third-order valence-electron chi connectivity index (χ3n) is 3.74. The monoisotopic (exact) mass is 241 g/mol. The molecule has 0 spiro atoms. The highest BCUT2D eigenvalue weighted by Crippen LogP contribution is 2.21. The van der Waals surface area contributed by atoms with Crippen molar-refractivity contribution in [2.24, 2.45) is 0 Å². The molecule has 0 aromatic rings. The second-order valence-electron chi connectivity index (χ2n) is 4.82. The van der Waals surface area contributed by atoms with Crippen LogP contribution in [0.5, 0.6) is 0 Å². The molecule has 1 rings (SSSR count). The lowest BCUT2D eigenvalue weighted by molar-refractivity contribution is 0.197. The average molecular weight is 241 g/mol. The number of urea groups is 1. The first-order valence-electron chi connectivity index (χ1n) is 6.92. The molecule has 1 saturated carbocycles. The van der Waals surface area contributed by atoms with Gasteiger partial charge in [0.2, 0.25) is 0 Å². The van der Waals surface area contributed by atoms with Crippen LogP contribution < -0.4 is 5.32 Å². The Hall–Kier alpha value is -0.770. The zero-order valence-corrected chi connectivity index (χ0v) is 11.5. The lowest BCUT2D eigenvalue weighted by atomic mass is 10.2. The summed E-state index contributed by atoms with van der Waals surface area (Å²) in [5.41, 5.74) is 0. The minimum Gasteiger partial charge on any atom is -0.337 e. The van der Waals surface area contributed by atoms with Crippen molar-refractivity contribution >= 4 is 6.03 Å². The van der Waals surface area contributed by atoms with E-state index >= 15 is 0 Å². The van der Waals surface area contributed by atoms with Crippen molar-refractivity contribution in [2.45, 2.75) is 45.6 Å². The number of nitrogens with one attached hydrogen (secondary N) is 1. The van der Waals surface area contributed by atoms with Crippen molar-refractivity contribution in [2.75, 3.05) is 33.2 Å². The van der Waals surface area contributed by atoms with E-state index in [0.717, 1.165) is 32.2 Å². The predicted octanol–water partition coefficient (Wildman–Crippen LogP) is 1.91. The molecule has 4 nitrogen and oxygen atoms in total. The van der Waals surface area contributed by atoms with Gasteiger partial charge in [0.05, 0.1) is 0 Å². The Bertz CT molecular complexity index is 223. The molecule has 100 valence electrons. The fraction of sp³-hybridized carbons (Fsp3) is 0.923. The van der Waals surface area contributed by atoms with Gasteiger partial charge in [-0.2, -0.15) is 0 Å². The maximum absolute atomic E-state index is 11.7. The summed E-state index contributed by atoms with van der Waals surface area (Å²) in [6, 6.07) is 0.801. The van der Waals surface area contributed by atoms with Gasteiger partial charge in [0.1, 0.15) is 0 Å². The van der Waals surface area contributed by atoms with Crippen LogP contribution in [0.2, 0.25) is 0 Å². The number of carbonyl (C=O) groups excluding carboxylic acids is 1. The highest BCUT2D eigenvalue weighted by atomic mass is 16.2. The number of nitrogens with zero attached hydrogens (tertiary/aromatic N) is 2. The Morgan fingerprint density at radius 2 is 1.82 bits per heavy atom. The van der Waals surface area contributed by atoms with Crippen LogP contribution >= 0.6 is 0 Å². The molecule has 0 aromatic carbocycles. The zero-order valence-electron chi connectivity index (χ0n) is 11.5. The van der Waals surface area contributed by atoms with E-state index in [0.29, 0.717) is 0 Å². The highest BCUT2D eigenvalue weighted by molar-refractivity contribution is 5.74. The van der Waals surface area contributed by atoms with Gasteiger partial charge in [-0.25, -0.2) is 4.79 Å². The summed E-state index contributed by atoms with van der Waals surface area (Å²) in [4.78, 5) is 15.9. The van der Waals surface area contributed by atoms with E-state index in [1.165, 1.54) is 25.7 Å². The second-order valence-corrected chi connectivity index (χ2v) is 4.82. The van der Waals surface area contributed by atoms with E-state index in [1.54, 1.807) is 0 Å². The van der Waals surface area contributed by atoms with Crippen LogP contribution in [0.4, 0.5) is 4.79 Å². The van der Waals surface area contributed by atoms with Gasteiger partial charge < -0.3 is 15.1 Å². The SMILES string of the molecule is CCN(CC)C(=O)NCCN(C)C1CCCC1. The molecule has 0 aliphatic heterocycles. The largest absolute Gasteiger partial charge is 0.337 e. The fourth-order valence-corrected chi connectivity index (χ4v) is 2.49. The van der Waals surface area contributed by atoms with Crippen molar-refractivity contribution in [3.63, 3.8) is 0 Å². The third kappa shape index (κ3) is 4.54. The first-order chi connectivity index (χ1) is 8.19. The van der Waals surface area contributed by atoms with Gasteiger partial charge in [-0.3, -0.25) is 0 Å². The van der Waals surface area contributed by atoms with Crippen molar-refractivity contribution in [3.05, 3.63) is 0 Å². The summed E-state index contributed by atoms with van der Waals surface area (Å²) in [5.74, 6) is 0. The van der Waals surface area contributed by atoms with Crippen molar-refractivity contribution < 1.29 is 4.79 Å². The summed E-state index contributed by atoms with van der Waals surface area (Å²) in [6.45, 7) is 7.28. The molecule has 4 heteroatoms. The van der Waals surface area contributed by atoms with Gasteiger partial charge in [-0.05, 0) is 33.7 Å². The Morgan fingerprint density at radius 1 is 1.24 bits per heavy atom. The normalized spacial score (nSPS) is 16.5. The van der Waals surface area contributed by atoms with Crippen LogP contribution in [0.15, 0.2) is 0 Å². The Balaban J connectivity index is 2.15. The topological polar surface area (TPSA) is 35.6 Å². The summed E-state index contributed by atoms with van der Waals surface area (Å²) in [5, 5.41) is 2.98. The maximum atomic E-state index is 11.7. The first kappa shape index (κ1) is 14.3. The number of rotatable bonds is 6. The minimum atomic E-state index is 0.0646. The van der Waals surface area contributed by atoms with Crippen LogP contribution in [0.25, 0.3) is 0 Å². The summed E-state index contributed by atoms with van der Waals surface area (Å²) >= 11 is 0. The Morgan fingerprint density at radius 3 is 2.35 bits per heavy atom. The van der Waals surface area contributed by atoms with Crippen LogP contribution in [0.1, 0.15) is 39.5 Å². The number of hydrogen-bond acceptors (Lipinski definition) is 2. The van der Waals surface area contributed by atoms with Crippen LogP contribution in [-0.2, 0) is 0 Å². The van der Waals surface area contributed by atoms with Gasteiger partial charge in [0, 0.05) is 32.2 Å². The van der Waals surface area contributed by atoms with E-state index < -0.39 is 0 Å². The molecular formula is C13H27N3O. The quantitative estimate of drug-likeness (QED) is 0.771. The van der Waals surface area contributed by atoms with Crippen molar-refractivity contribution in [1.29, 1.82) is 0 Å². The molecule has 0 heterocycles. The lowest BCUT2D eigenvalue weighted by Gasteiger charge is -2.25. The molecule has 1 aliphatic carbocycles. The van der Waals surface area contributed by atoms with E-state index in [9.17, 15) is 4.79 Å². The van der Waals surface area contributed by atoms with Gasteiger partial charge in [-0.15, -0.1) is 0 Å². The number of likely N-dealkylation sites (N-methyl/N-ethyl adjacent to an activating group) is 1. The predicted molar refractivity (Wildman–Crippen MR) is 71.2 cm³/mol. The molecule has 2 amide bonds. The van der Waals surface area contributed by atoms with E-state index in [-0.39, 0.29) is 6.03 Å². The summed E-state index contributed by atoms with van der Waals surface area (Å²) in [6.07, 6.45) is 5.36. The van der Waals surface area contributed by atoms with Gasteiger partial charge in [-0.1, -0.05) is 12.8 Å². The van der Waals surface area contributed by atoms with E-state index in [4.69, 9.17) is 0 Å². The standard InChI is InChI=1S/C13H27N3O/c1-4-16(5-2)13(17)14-10-11-15(3)12-8-6-7-9-12/h12H,4-11H2,1-3H3,(H,14,17). The highest BCUT2D eigenvalue weighted by Gasteiger charge is 2.19. The van der Waals surface area contributed by atoms with Gasteiger partial charge >= 0.3 is 6.03 Å². The Kier molecular flexibility index (Phi) is 6.34. The van der Waals surface area contributed by atoms with Crippen LogP contribution in [0, 0.1) is 0 Å². The lowest BCUT2D eigenvalue weighted by Crippen LogP contribution is -2.43. The molecule has 0 saturated heterocycles. The Labute approximate surface area is 105 Å². The molecule has 0 radical (unpaired) electrons. The van der Waals surface area contributed by atoms with Crippen LogP contribution in [-0.4, -0.2) is 55.1 Å². The number of hydrogen-bond donors (Lipinski definition) is 1. The smallest absolute Gasteiger partial charge is 0.317 e. The molecular weight excluding hydrogens is 214 g/mol. The summed E-state index contributed by atoms with van der Waals surface area (Å²) < 4.78 is 0. The summed E-state index contributed by atoms with van der Waals surface area (Å²) in [7, 11) is 2.17. The zero-order chi connectivity index (χ0) is 12.7. The average Bonchev–Trinajstić information content (AvgIpc) is 2.84. The van der Waals surface area contributed by atoms with E-state index in [1.807, 2.05) is 18.7 Å². The van der Waals surface area contributed by atoms with Gasteiger partial charge in [0.25, 0.3) is 0 Å². The van der Waals surface area contributed by atoms with Crippen molar-refractivity contribution in [1.82, 2.24) is 15.1 Å². The second kappa shape index (κ2) is 7.54. The molecule has 0 bridgehead atoms. The minimum absolute atomic E-state index is 0.0646.